The Morgan fingerprint density at radius 3 is 2.58 bits per heavy atom. The summed E-state index contributed by atoms with van der Waals surface area (Å²) in [4.78, 5) is 15.8. The third-order valence-electron chi connectivity index (χ3n) is 3.47. The highest BCUT2D eigenvalue weighted by Gasteiger charge is 2.20. The van der Waals surface area contributed by atoms with Crippen molar-refractivity contribution in [2.24, 2.45) is 5.73 Å². The Hall–Kier alpha value is -1.62. The van der Waals surface area contributed by atoms with Crippen LogP contribution in [0.1, 0.15) is 41.7 Å². The Kier molecular flexibility index (Phi) is 4.37. The second-order valence-corrected chi connectivity index (χ2v) is 4.93. The molecule has 5 heteroatoms. The highest BCUT2D eigenvalue weighted by Crippen LogP contribution is 2.22. The SMILES string of the molecule is COC(=O)c1ccc(OC2CCC(N)CC2)nc1C. The van der Waals surface area contributed by atoms with Gasteiger partial charge >= 0.3 is 5.97 Å². The lowest BCUT2D eigenvalue weighted by molar-refractivity contribution is 0.0599. The highest BCUT2D eigenvalue weighted by molar-refractivity contribution is 5.90. The lowest BCUT2D eigenvalue weighted by Gasteiger charge is -2.26. The second kappa shape index (κ2) is 6.02. The molecule has 5 nitrogen and oxygen atoms in total. The molecule has 19 heavy (non-hydrogen) atoms. The molecule has 1 heterocycles. The summed E-state index contributed by atoms with van der Waals surface area (Å²) in [5.41, 5.74) is 6.96. The molecular formula is C14H20N2O3. The average Bonchev–Trinajstić information content (AvgIpc) is 2.41. The number of nitrogens with zero attached hydrogens (tertiary/aromatic N) is 1. The molecule has 0 atom stereocenters. The predicted molar refractivity (Wildman–Crippen MR) is 71.2 cm³/mol. The zero-order chi connectivity index (χ0) is 13.8. The maximum atomic E-state index is 11.5. The van der Waals surface area contributed by atoms with Crippen LogP contribution in [0.3, 0.4) is 0 Å². The first-order valence-electron chi connectivity index (χ1n) is 6.58. The first-order valence-corrected chi connectivity index (χ1v) is 6.58. The van der Waals surface area contributed by atoms with Gasteiger partial charge in [-0.25, -0.2) is 9.78 Å². The summed E-state index contributed by atoms with van der Waals surface area (Å²) in [6, 6.07) is 3.71. The first-order chi connectivity index (χ1) is 9.10. The number of aromatic nitrogens is 1. The molecule has 1 aliphatic carbocycles. The number of ether oxygens (including phenoxy) is 2. The molecule has 0 unspecified atom stereocenters. The molecule has 1 aromatic heterocycles. The van der Waals surface area contributed by atoms with E-state index in [-0.39, 0.29) is 12.1 Å². The van der Waals surface area contributed by atoms with E-state index in [1.165, 1.54) is 7.11 Å². The highest BCUT2D eigenvalue weighted by atomic mass is 16.5. The van der Waals surface area contributed by atoms with E-state index in [1.54, 1.807) is 19.1 Å². The van der Waals surface area contributed by atoms with Gasteiger partial charge in [-0.15, -0.1) is 0 Å². The number of rotatable bonds is 3. The van der Waals surface area contributed by atoms with E-state index in [9.17, 15) is 4.79 Å². The summed E-state index contributed by atoms with van der Waals surface area (Å²) in [6.45, 7) is 1.77. The maximum absolute atomic E-state index is 11.5. The van der Waals surface area contributed by atoms with Gasteiger partial charge in [0.25, 0.3) is 0 Å². The summed E-state index contributed by atoms with van der Waals surface area (Å²) in [5.74, 6) is 0.186. The number of pyridine rings is 1. The monoisotopic (exact) mass is 264 g/mol. The molecule has 0 bridgehead atoms. The molecule has 104 valence electrons. The van der Waals surface area contributed by atoms with Crippen molar-refractivity contribution in [2.75, 3.05) is 7.11 Å². The van der Waals surface area contributed by atoms with Gasteiger partial charge in [-0.05, 0) is 38.7 Å². The van der Waals surface area contributed by atoms with Gasteiger partial charge in [0.2, 0.25) is 5.88 Å². The molecule has 0 saturated heterocycles. The van der Waals surface area contributed by atoms with E-state index in [4.69, 9.17) is 10.5 Å². The van der Waals surface area contributed by atoms with Crippen LogP contribution in [0.5, 0.6) is 5.88 Å². The van der Waals surface area contributed by atoms with Crippen LogP contribution in [-0.4, -0.2) is 30.2 Å². The fourth-order valence-corrected chi connectivity index (χ4v) is 2.31. The standard InChI is InChI=1S/C14H20N2O3/c1-9-12(14(17)18-2)7-8-13(16-9)19-11-5-3-10(15)4-6-11/h7-8,10-11H,3-6,15H2,1-2H3. The van der Waals surface area contributed by atoms with Crippen molar-refractivity contribution in [3.05, 3.63) is 23.4 Å². The van der Waals surface area contributed by atoms with E-state index in [2.05, 4.69) is 9.72 Å². The molecule has 1 fully saturated rings. The predicted octanol–water partition coefficient (Wildman–Crippen LogP) is 1.83. The minimum Gasteiger partial charge on any atom is -0.474 e. The van der Waals surface area contributed by atoms with Gasteiger partial charge in [0.15, 0.2) is 0 Å². The summed E-state index contributed by atoms with van der Waals surface area (Å²) < 4.78 is 10.5. The summed E-state index contributed by atoms with van der Waals surface area (Å²) in [7, 11) is 1.36. The van der Waals surface area contributed by atoms with Gasteiger partial charge < -0.3 is 15.2 Å². The minimum atomic E-state index is -0.375. The zero-order valence-corrected chi connectivity index (χ0v) is 11.4. The van der Waals surface area contributed by atoms with E-state index < -0.39 is 0 Å². The van der Waals surface area contributed by atoms with Crippen LogP contribution in [0.15, 0.2) is 12.1 Å². The van der Waals surface area contributed by atoms with Crippen molar-refractivity contribution in [1.29, 1.82) is 0 Å². The number of carbonyl (C=O) groups is 1. The van der Waals surface area contributed by atoms with Crippen LogP contribution in [0.2, 0.25) is 0 Å². The maximum Gasteiger partial charge on any atom is 0.339 e. The summed E-state index contributed by atoms with van der Waals surface area (Å²) in [6.07, 6.45) is 4.07. The van der Waals surface area contributed by atoms with Crippen LogP contribution in [0.4, 0.5) is 0 Å². The number of hydrogen-bond acceptors (Lipinski definition) is 5. The summed E-state index contributed by atoms with van der Waals surface area (Å²) in [5, 5.41) is 0. The lowest BCUT2D eigenvalue weighted by Crippen LogP contribution is -2.31. The van der Waals surface area contributed by atoms with Crippen molar-refractivity contribution in [3.63, 3.8) is 0 Å². The molecule has 2 rings (SSSR count). The van der Waals surface area contributed by atoms with Gasteiger partial charge in [-0.2, -0.15) is 0 Å². The minimum absolute atomic E-state index is 0.177. The number of nitrogens with two attached hydrogens (primary N) is 1. The average molecular weight is 264 g/mol. The van der Waals surface area contributed by atoms with Crippen molar-refractivity contribution < 1.29 is 14.3 Å². The second-order valence-electron chi connectivity index (χ2n) is 4.93. The van der Waals surface area contributed by atoms with Gasteiger partial charge in [0.05, 0.1) is 18.4 Å². The third-order valence-corrected chi connectivity index (χ3v) is 3.47. The summed E-state index contributed by atoms with van der Waals surface area (Å²) >= 11 is 0. The Balaban J connectivity index is 2.02. The Morgan fingerprint density at radius 2 is 2.00 bits per heavy atom. The smallest absolute Gasteiger partial charge is 0.339 e. The topological polar surface area (TPSA) is 74.4 Å². The normalized spacial score (nSPS) is 22.9. The largest absolute Gasteiger partial charge is 0.474 e. The van der Waals surface area contributed by atoms with Gasteiger partial charge in [-0.3, -0.25) is 0 Å². The number of esters is 1. The Labute approximate surface area is 113 Å². The Bertz CT molecular complexity index is 454. The molecule has 1 saturated carbocycles. The fraction of sp³-hybridized carbons (Fsp3) is 0.571. The van der Waals surface area contributed by atoms with Crippen LogP contribution in [-0.2, 0) is 4.74 Å². The zero-order valence-electron chi connectivity index (χ0n) is 11.4. The van der Waals surface area contributed by atoms with Gasteiger partial charge in [0.1, 0.15) is 6.10 Å². The van der Waals surface area contributed by atoms with Crippen LogP contribution < -0.4 is 10.5 Å². The quantitative estimate of drug-likeness (QED) is 0.843. The first kappa shape index (κ1) is 13.8. The number of hydrogen-bond donors (Lipinski definition) is 1. The lowest BCUT2D eigenvalue weighted by atomic mass is 9.94. The van der Waals surface area contributed by atoms with Crippen LogP contribution >= 0.6 is 0 Å². The number of methoxy groups -OCH3 is 1. The molecule has 0 radical (unpaired) electrons. The fourth-order valence-electron chi connectivity index (χ4n) is 2.31. The number of aryl methyl sites for hydroxylation is 1. The molecule has 0 aliphatic heterocycles. The van der Waals surface area contributed by atoms with Crippen LogP contribution in [0.25, 0.3) is 0 Å². The van der Waals surface area contributed by atoms with Gasteiger partial charge in [0, 0.05) is 12.1 Å². The molecule has 1 aromatic rings. The molecule has 0 spiro atoms. The molecule has 0 amide bonds. The van der Waals surface area contributed by atoms with Crippen molar-refractivity contribution >= 4 is 5.97 Å². The number of carbonyl (C=O) groups excluding carboxylic acids is 1. The van der Waals surface area contributed by atoms with Crippen molar-refractivity contribution in [3.8, 4) is 5.88 Å². The molecule has 0 aromatic carbocycles. The Morgan fingerprint density at radius 1 is 1.32 bits per heavy atom. The van der Waals surface area contributed by atoms with E-state index >= 15 is 0 Å². The van der Waals surface area contributed by atoms with Gasteiger partial charge in [-0.1, -0.05) is 0 Å². The molecular weight excluding hydrogens is 244 g/mol. The van der Waals surface area contributed by atoms with E-state index in [0.717, 1.165) is 25.7 Å². The van der Waals surface area contributed by atoms with E-state index in [0.29, 0.717) is 23.2 Å². The molecule has 1 aliphatic rings. The van der Waals surface area contributed by atoms with Crippen molar-refractivity contribution in [1.82, 2.24) is 4.98 Å². The molecule has 2 N–H and O–H groups in total. The third kappa shape index (κ3) is 3.44. The van der Waals surface area contributed by atoms with Crippen molar-refractivity contribution in [2.45, 2.75) is 44.8 Å². The van der Waals surface area contributed by atoms with Crippen LogP contribution in [0, 0.1) is 6.92 Å². The van der Waals surface area contributed by atoms with E-state index in [1.807, 2.05) is 0 Å².